The number of benzene rings is 1. The largest absolute Gasteiger partial charge is 0.375 e. The van der Waals surface area contributed by atoms with Gasteiger partial charge in [-0.2, -0.15) is 0 Å². The van der Waals surface area contributed by atoms with Crippen LogP contribution >= 0.6 is 22.9 Å². The minimum atomic E-state index is -3.77. The second-order valence-corrected chi connectivity index (χ2v) is 8.30. The molecule has 2 rings (SSSR count). The van der Waals surface area contributed by atoms with Crippen molar-refractivity contribution in [3.05, 3.63) is 56.7 Å². The van der Waals surface area contributed by atoms with Crippen LogP contribution in [0.2, 0.25) is 4.34 Å². The number of ether oxygens (including phenoxy) is 1. The molecule has 0 amide bonds. The molecule has 1 aromatic heterocycles. The Morgan fingerprint density at radius 1 is 1.26 bits per heavy atom. The van der Waals surface area contributed by atoms with Crippen molar-refractivity contribution in [1.82, 2.24) is 4.72 Å². The van der Waals surface area contributed by atoms with Crippen LogP contribution < -0.4 is 4.72 Å². The van der Waals surface area contributed by atoms with Gasteiger partial charge in [0.15, 0.2) is 0 Å². The highest BCUT2D eigenvalue weighted by molar-refractivity contribution is 7.88. The lowest BCUT2D eigenvalue weighted by molar-refractivity contribution is 0.110. The zero-order chi connectivity index (χ0) is 17.0. The molecule has 1 aromatic carbocycles. The molecule has 0 saturated heterocycles. The van der Waals surface area contributed by atoms with Crippen LogP contribution in [0.25, 0.3) is 0 Å². The summed E-state index contributed by atoms with van der Waals surface area (Å²) in [4.78, 5) is 0.775. The number of sulfonamides is 1. The molecule has 0 spiro atoms. The van der Waals surface area contributed by atoms with Gasteiger partial charge in [0.2, 0.25) is 10.0 Å². The molecule has 2 aromatic rings. The molecule has 0 saturated carbocycles. The summed E-state index contributed by atoms with van der Waals surface area (Å²) in [6, 6.07) is 6.09. The highest BCUT2D eigenvalue weighted by Crippen LogP contribution is 2.28. The Morgan fingerprint density at radius 2 is 1.91 bits per heavy atom. The summed E-state index contributed by atoms with van der Waals surface area (Å²) < 4.78 is 58.5. The molecule has 1 N–H and O–H groups in total. The zero-order valence-electron chi connectivity index (χ0n) is 12.1. The molecule has 0 bridgehead atoms. The molecular formula is C14H14ClF2NO3S2. The van der Waals surface area contributed by atoms with E-state index in [0.29, 0.717) is 10.4 Å². The quantitative estimate of drug-likeness (QED) is 0.798. The van der Waals surface area contributed by atoms with Crippen LogP contribution in [0.3, 0.4) is 0 Å². The standard InChI is InChI=1S/C14H14ClF2NO3S2/c1-21-12(13-2-3-14(15)22-13)7-18-23(19,20)8-9-4-10(16)6-11(17)5-9/h2-6,12,18H,7-8H2,1H3. The van der Waals surface area contributed by atoms with Crippen molar-refractivity contribution >= 4 is 33.0 Å². The first-order valence-corrected chi connectivity index (χ1v) is 9.34. The first kappa shape index (κ1) is 18.3. The minimum Gasteiger partial charge on any atom is -0.375 e. The first-order valence-electron chi connectivity index (χ1n) is 6.49. The van der Waals surface area contributed by atoms with Crippen molar-refractivity contribution in [2.75, 3.05) is 13.7 Å². The van der Waals surface area contributed by atoms with Crippen LogP contribution in [0.1, 0.15) is 16.5 Å². The van der Waals surface area contributed by atoms with Gasteiger partial charge in [0.05, 0.1) is 10.1 Å². The zero-order valence-corrected chi connectivity index (χ0v) is 14.4. The van der Waals surface area contributed by atoms with E-state index in [-0.39, 0.29) is 12.1 Å². The third-order valence-corrected chi connectivity index (χ3v) is 5.61. The van der Waals surface area contributed by atoms with E-state index in [1.165, 1.54) is 18.4 Å². The number of thiophene rings is 1. The van der Waals surface area contributed by atoms with Gasteiger partial charge in [0.1, 0.15) is 17.7 Å². The van der Waals surface area contributed by atoms with Crippen molar-refractivity contribution in [3.8, 4) is 0 Å². The van der Waals surface area contributed by atoms with Crippen molar-refractivity contribution in [1.29, 1.82) is 0 Å². The smallest absolute Gasteiger partial charge is 0.215 e. The van der Waals surface area contributed by atoms with Gasteiger partial charge in [-0.25, -0.2) is 21.9 Å². The molecule has 1 heterocycles. The molecule has 4 nitrogen and oxygen atoms in total. The molecule has 0 radical (unpaired) electrons. The lowest BCUT2D eigenvalue weighted by Crippen LogP contribution is -2.30. The summed E-state index contributed by atoms with van der Waals surface area (Å²) in [6.45, 7) is -0.00647. The molecule has 0 aliphatic rings. The summed E-state index contributed by atoms with van der Waals surface area (Å²) >= 11 is 7.13. The van der Waals surface area contributed by atoms with E-state index in [1.54, 1.807) is 12.1 Å². The molecule has 9 heteroatoms. The maximum atomic E-state index is 13.1. The summed E-state index contributed by atoms with van der Waals surface area (Å²) in [5.41, 5.74) is 0.0307. The number of halogens is 3. The van der Waals surface area contributed by atoms with E-state index >= 15 is 0 Å². The van der Waals surface area contributed by atoms with E-state index in [1.807, 2.05) is 0 Å². The van der Waals surface area contributed by atoms with E-state index in [4.69, 9.17) is 16.3 Å². The van der Waals surface area contributed by atoms with Crippen LogP contribution in [0.15, 0.2) is 30.3 Å². The monoisotopic (exact) mass is 381 g/mol. The van der Waals surface area contributed by atoms with E-state index < -0.39 is 33.5 Å². The van der Waals surface area contributed by atoms with Gasteiger partial charge >= 0.3 is 0 Å². The van der Waals surface area contributed by atoms with Crippen molar-refractivity contribution in [2.45, 2.75) is 11.9 Å². The Hall–Kier alpha value is -1.06. The van der Waals surface area contributed by atoms with Crippen LogP contribution in [0.4, 0.5) is 8.78 Å². The van der Waals surface area contributed by atoms with Gasteiger partial charge in [-0.05, 0) is 29.8 Å². The summed E-state index contributed by atoms with van der Waals surface area (Å²) in [5, 5.41) is 0. The van der Waals surface area contributed by atoms with E-state index in [2.05, 4.69) is 4.72 Å². The van der Waals surface area contributed by atoms with Crippen LogP contribution in [0, 0.1) is 11.6 Å². The van der Waals surface area contributed by atoms with Gasteiger partial charge in [-0.15, -0.1) is 11.3 Å². The maximum Gasteiger partial charge on any atom is 0.215 e. The fourth-order valence-electron chi connectivity index (χ4n) is 1.97. The minimum absolute atomic E-state index is 0.00647. The summed E-state index contributed by atoms with van der Waals surface area (Å²) in [5.74, 6) is -2.17. The topological polar surface area (TPSA) is 55.4 Å². The van der Waals surface area contributed by atoms with Gasteiger partial charge in [0, 0.05) is 24.6 Å². The summed E-state index contributed by atoms with van der Waals surface area (Å²) in [7, 11) is -2.31. The predicted molar refractivity (Wildman–Crippen MR) is 86.1 cm³/mol. The number of hydrogen-bond acceptors (Lipinski definition) is 4. The van der Waals surface area contributed by atoms with Crippen LogP contribution in [-0.2, 0) is 20.5 Å². The number of nitrogens with one attached hydrogen (secondary N) is 1. The van der Waals surface area contributed by atoms with E-state index in [9.17, 15) is 17.2 Å². The Balaban J connectivity index is 2.02. The van der Waals surface area contributed by atoms with Crippen LogP contribution in [0.5, 0.6) is 0 Å². The average molecular weight is 382 g/mol. The lowest BCUT2D eigenvalue weighted by Gasteiger charge is -2.15. The predicted octanol–water partition coefficient (Wildman–Crippen LogP) is 3.49. The van der Waals surface area contributed by atoms with Gasteiger partial charge in [0.25, 0.3) is 0 Å². The fourth-order valence-corrected chi connectivity index (χ4v) is 4.22. The molecule has 0 fully saturated rings. The second-order valence-electron chi connectivity index (χ2n) is 4.75. The third-order valence-electron chi connectivity index (χ3n) is 2.96. The SMILES string of the molecule is COC(CNS(=O)(=O)Cc1cc(F)cc(F)c1)c1ccc(Cl)s1. The maximum absolute atomic E-state index is 13.1. The molecule has 126 valence electrons. The molecule has 1 atom stereocenters. The van der Waals surface area contributed by atoms with Crippen molar-refractivity contribution in [3.63, 3.8) is 0 Å². The summed E-state index contributed by atoms with van der Waals surface area (Å²) in [6.07, 6.45) is -0.494. The van der Waals surface area contributed by atoms with E-state index in [0.717, 1.165) is 17.0 Å². The molecule has 23 heavy (non-hydrogen) atoms. The number of rotatable bonds is 7. The first-order chi connectivity index (χ1) is 10.8. The Morgan fingerprint density at radius 3 is 2.43 bits per heavy atom. The Labute approximate surface area is 142 Å². The van der Waals surface area contributed by atoms with Gasteiger partial charge < -0.3 is 4.74 Å². The number of methoxy groups -OCH3 is 1. The number of hydrogen-bond donors (Lipinski definition) is 1. The highest BCUT2D eigenvalue weighted by Gasteiger charge is 2.18. The van der Waals surface area contributed by atoms with Gasteiger partial charge in [-0.3, -0.25) is 0 Å². The molecular weight excluding hydrogens is 368 g/mol. The van der Waals surface area contributed by atoms with Crippen molar-refractivity contribution in [2.24, 2.45) is 0 Å². The molecule has 0 aliphatic carbocycles. The lowest BCUT2D eigenvalue weighted by atomic mass is 10.2. The second kappa shape index (κ2) is 7.67. The normalized spacial score (nSPS) is 13.2. The highest BCUT2D eigenvalue weighted by atomic mass is 35.5. The third kappa shape index (κ3) is 5.50. The van der Waals surface area contributed by atoms with Gasteiger partial charge in [-0.1, -0.05) is 11.6 Å². The fraction of sp³-hybridized carbons (Fsp3) is 0.286. The Bertz CT molecular complexity index is 760. The van der Waals surface area contributed by atoms with Crippen LogP contribution in [-0.4, -0.2) is 22.1 Å². The Kier molecular flexibility index (Phi) is 6.10. The molecule has 0 aliphatic heterocycles. The average Bonchev–Trinajstić information content (AvgIpc) is 2.84. The molecule has 1 unspecified atom stereocenters. The van der Waals surface area contributed by atoms with Crippen molar-refractivity contribution < 1.29 is 21.9 Å².